The number of ether oxygens (including phenoxy) is 1. The van der Waals surface area contributed by atoms with Crippen LogP contribution in [0, 0.1) is 0 Å². The van der Waals surface area contributed by atoms with Crippen LogP contribution in [-0.4, -0.2) is 51.1 Å². The lowest BCUT2D eigenvalue weighted by molar-refractivity contribution is 0.0994. The number of aromatic nitrogens is 3. The highest BCUT2D eigenvalue weighted by atomic mass is 16.5. The number of rotatable bonds is 8. The van der Waals surface area contributed by atoms with Crippen molar-refractivity contribution in [3.8, 4) is 0 Å². The minimum atomic E-state index is -0.418. The van der Waals surface area contributed by atoms with Crippen molar-refractivity contribution >= 4 is 16.8 Å². The molecule has 3 N–H and O–H groups in total. The van der Waals surface area contributed by atoms with Gasteiger partial charge in [0.1, 0.15) is 11.5 Å². The van der Waals surface area contributed by atoms with Gasteiger partial charge in [-0.3, -0.25) is 9.69 Å². The molecule has 7 nitrogen and oxygen atoms in total. The fourth-order valence-electron chi connectivity index (χ4n) is 5.44. The SMILES string of the molecule is CCCCC(Cc1c[nH]c2ccccc12)c1c(C(N)=O)nc2n1CCN(C1CCOC1)C2. The van der Waals surface area contributed by atoms with E-state index in [1.54, 1.807) is 0 Å². The molecule has 2 unspecified atom stereocenters. The van der Waals surface area contributed by atoms with E-state index in [-0.39, 0.29) is 5.92 Å². The molecule has 170 valence electrons. The monoisotopic (exact) mass is 435 g/mol. The first-order valence-corrected chi connectivity index (χ1v) is 11.9. The zero-order chi connectivity index (χ0) is 22.1. The number of H-pyrrole nitrogens is 1. The van der Waals surface area contributed by atoms with Crippen molar-refractivity contribution < 1.29 is 9.53 Å². The van der Waals surface area contributed by atoms with E-state index in [9.17, 15) is 4.79 Å². The molecule has 7 heteroatoms. The van der Waals surface area contributed by atoms with Gasteiger partial charge in [0.05, 0.1) is 18.8 Å². The molecule has 4 heterocycles. The fourth-order valence-corrected chi connectivity index (χ4v) is 5.44. The van der Waals surface area contributed by atoms with Crippen LogP contribution < -0.4 is 5.73 Å². The second-order valence-electron chi connectivity index (χ2n) is 9.17. The zero-order valence-corrected chi connectivity index (χ0v) is 18.8. The van der Waals surface area contributed by atoms with E-state index in [1.165, 1.54) is 10.9 Å². The lowest BCUT2D eigenvalue weighted by Gasteiger charge is -2.33. The van der Waals surface area contributed by atoms with E-state index in [1.807, 2.05) is 0 Å². The number of hydrogen-bond donors (Lipinski definition) is 2. The largest absolute Gasteiger partial charge is 0.380 e. The first-order valence-electron chi connectivity index (χ1n) is 11.9. The van der Waals surface area contributed by atoms with Gasteiger partial charge in [-0.2, -0.15) is 0 Å². The van der Waals surface area contributed by atoms with E-state index < -0.39 is 5.91 Å². The van der Waals surface area contributed by atoms with Gasteiger partial charge >= 0.3 is 0 Å². The molecule has 0 aliphatic carbocycles. The van der Waals surface area contributed by atoms with Gasteiger partial charge in [0.15, 0.2) is 0 Å². The molecule has 2 aromatic heterocycles. The number of nitrogens with two attached hydrogens (primary N) is 1. The molecule has 5 rings (SSSR count). The third kappa shape index (κ3) is 3.95. The summed E-state index contributed by atoms with van der Waals surface area (Å²) in [6.07, 6.45) is 7.29. The first-order chi connectivity index (χ1) is 15.7. The molecular weight excluding hydrogens is 402 g/mol. The molecule has 1 saturated heterocycles. The first kappa shape index (κ1) is 21.2. The predicted octanol–water partition coefficient (Wildman–Crippen LogP) is 3.58. The van der Waals surface area contributed by atoms with Crippen molar-refractivity contribution in [2.24, 2.45) is 5.73 Å². The van der Waals surface area contributed by atoms with E-state index in [0.717, 1.165) is 82.0 Å². The van der Waals surface area contributed by atoms with Gasteiger partial charge in [0.2, 0.25) is 0 Å². The third-order valence-corrected chi connectivity index (χ3v) is 7.13. The highest BCUT2D eigenvalue weighted by molar-refractivity contribution is 5.92. The third-order valence-electron chi connectivity index (χ3n) is 7.13. The molecule has 2 aliphatic heterocycles. The summed E-state index contributed by atoms with van der Waals surface area (Å²) in [4.78, 5) is 23.1. The molecule has 1 amide bonds. The molecule has 32 heavy (non-hydrogen) atoms. The van der Waals surface area contributed by atoms with Crippen LogP contribution in [0.5, 0.6) is 0 Å². The number of imidazole rings is 1. The number of para-hydroxylation sites is 1. The van der Waals surface area contributed by atoms with Crippen molar-refractivity contribution in [2.45, 2.75) is 64.1 Å². The van der Waals surface area contributed by atoms with Crippen LogP contribution in [0.1, 0.15) is 66.1 Å². The van der Waals surface area contributed by atoms with Crippen LogP contribution in [0.3, 0.4) is 0 Å². The van der Waals surface area contributed by atoms with Crippen LogP contribution in [-0.2, 0) is 24.2 Å². The molecule has 0 saturated carbocycles. The highest BCUT2D eigenvalue weighted by Gasteiger charge is 2.33. The standard InChI is InChI=1S/C25H33N5O2/c1-2-3-6-17(13-18-14-27-21-8-5-4-7-20(18)21)24-23(25(26)31)28-22-15-29(10-11-30(22)24)19-9-12-32-16-19/h4-5,7-8,14,17,19,27H,2-3,6,9-13,15-16H2,1H3,(H2,26,31). The average molecular weight is 436 g/mol. The molecule has 0 bridgehead atoms. The topological polar surface area (TPSA) is 89.2 Å². The van der Waals surface area contributed by atoms with E-state index in [2.05, 4.69) is 51.8 Å². The average Bonchev–Trinajstić information content (AvgIpc) is 3.55. The van der Waals surface area contributed by atoms with Gasteiger partial charge in [0, 0.05) is 48.8 Å². The van der Waals surface area contributed by atoms with Crippen molar-refractivity contribution in [2.75, 3.05) is 19.8 Å². The Balaban J connectivity index is 1.50. The lowest BCUT2D eigenvalue weighted by Crippen LogP contribution is -2.42. The Labute approximate surface area is 188 Å². The maximum absolute atomic E-state index is 12.5. The Bertz CT molecular complexity index is 1100. The second-order valence-corrected chi connectivity index (χ2v) is 9.17. The van der Waals surface area contributed by atoms with Crippen molar-refractivity contribution in [1.29, 1.82) is 0 Å². The molecule has 0 spiro atoms. The number of unbranched alkanes of at least 4 members (excludes halogenated alkanes) is 1. The van der Waals surface area contributed by atoms with Gasteiger partial charge in [-0.15, -0.1) is 0 Å². The van der Waals surface area contributed by atoms with Crippen molar-refractivity contribution in [1.82, 2.24) is 19.4 Å². The normalized spacial score (nSPS) is 20.0. The van der Waals surface area contributed by atoms with Gasteiger partial charge in [-0.25, -0.2) is 4.98 Å². The number of benzene rings is 1. The lowest BCUT2D eigenvalue weighted by atomic mass is 9.89. The minimum Gasteiger partial charge on any atom is -0.380 e. The maximum atomic E-state index is 12.5. The Hall–Kier alpha value is -2.64. The summed E-state index contributed by atoms with van der Waals surface area (Å²) in [7, 11) is 0. The number of hydrogen-bond acceptors (Lipinski definition) is 4. The number of carbonyl (C=O) groups is 1. The summed E-state index contributed by atoms with van der Waals surface area (Å²) in [5.74, 6) is 0.754. The van der Waals surface area contributed by atoms with E-state index >= 15 is 0 Å². The summed E-state index contributed by atoms with van der Waals surface area (Å²) in [5.41, 5.74) is 9.79. The van der Waals surface area contributed by atoms with Crippen LogP contribution in [0.2, 0.25) is 0 Å². The number of carbonyl (C=O) groups excluding carboxylic acids is 1. The highest BCUT2D eigenvalue weighted by Crippen LogP contribution is 2.34. The van der Waals surface area contributed by atoms with Crippen molar-refractivity contribution in [3.63, 3.8) is 0 Å². The van der Waals surface area contributed by atoms with Gasteiger partial charge in [0.25, 0.3) is 5.91 Å². The number of aromatic amines is 1. The van der Waals surface area contributed by atoms with Crippen LogP contribution in [0.4, 0.5) is 0 Å². The second kappa shape index (κ2) is 9.08. The summed E-state index contributed by atoms with van der Waals surface area (Å²) in [6.45, 7) is 6.38. The Morgan fingerprint density at radius 1 is 1.34 bits per heavy atom. The van der Waals surface area contributed by atoms with E-state index in [4.69, 9.17) is 15.5 Å². The molecule has 0 radical (unpaired) electrons. The maximum Gasteiger partial charge on any atom is 0.269 e. The number of nitrogens with zero attached hydrogens (tertiary/aromatic N) is 3. The molecule has 1 fully saturated rings. The molecule has 1 aromatic carbocycles. The molecular formula is C25H33N5O2. The van der Waals surface area contributed by atoms with E-state index in [0.29, 0.717) is 11.7 Å². The molecule has 2 aliphatic rings. The smallest absolute Gasteiger partial charge is 0.269 e. The molecule has 3 aromatic rings. The quantitative estimate of drug-likeness (QED) is 0.566. The summed E-state index contributed by atoms with van der Waals surface area (Å²) in [5, 5.41) is 1.25. The Morgan fingerprint density at radius 2 is 2.22 bits per heavy atom. The Morgan fingerprint density at radius 3 is 3.00 bits per heavy atom. The van der Waals surface area contributed by atoms with Gasteiger partial charge < -0.3 is 20.0 Å². The van der Waals surface area contributed by atoms with Gasteiger partial charge in [-0.1, -0.05) is 38.0 Å². The van der Waals surface area contributed by atoms with Gasteiger partial charge in [-0.05, 0) is 30.9 Å². The fraction of sp³-hybridized carbons (Fsp3) is 0.520. The number of amides is 1. The minimum absolute atomic E-state index is 0.208. The summed E-state index contributed by atoms with van der Waals surface area (Å²) in [6, 6.07) is 8.86. The van der Waals surface area contributed by atoms with Crippen LogP contribution in [0.25, 0.3) is 10.9 Å². The van der Waals surface area contributed by atoms with Crippen LogP contribution >= 0.6 is 0 Å². The van der Waals surface area contributed by atoms with Crippen LogP contribution in [0.15, 0.2) is 30.5 Å². The number of fused-ring (bicyclic) bond motifs is 2. The predicted molar refractivity (Wildman–Crippen MR) is 125 cm³/mol. The zero-order valence-electron chi connectivity index (χ0n) is 18.8. The number of primary amides is 1. The van der Waals surface area contributed by atoms with Crippen molar-refractivity contribution in [3.05, 3.63) is 53.2 Å². The molecule has 2 atom stereocenters. The Kier molecular flexibility index (Phi) is 6.02. The number of nitrogens with one attached hydrogen (secondary N) is 1. The summed E-state index contributed by atoms with van der Waals surface area (Å²) < 4.78 is 7.89. The summed E-state index contributed by atoms with van der Waals surface area (Å²) >= 11 is 0.